The van der Waals surface area contributed by atoms with Gasteiger partial charge < -0.3 is 66.7 Å². The molecule has 37 heteroatoms. The summed E-state index contributed by atoms with van der Waals surface area (Å²) in [6.45, 7) is 15.1. The Balaban J connectivity index is 0.000000135. The number of nitrogens with zero attached hydrogens (tertiary/aromatic N) is 17. The molecule has 772 valence electrons. The summed E-state index contributed by atoms with van der Waals surface area (Å²) in [5.74, 6) is 3.77. The lowest BCUT2D eigenvalue weighted by Crippen LogP contribution is -2.43. The molecule has 17 heterocycles. The van der Waals surface area contributed by atoms with Gasteiger partial charge in [0.2, 0.25) is 23.6 Å². The molecule has 0 bridgehead atoms. The van der Waals surface area contributed by atoms with Gasteiger partial charge in [0.15, 0.2) is 23.3 Å². The first kappa shape index (κ1) is 105. The molecule has 16 aromatic heterocycles. The van der Waals surface area contributed by atoms with Crippen LogP contribution in [0.5, 0.6) is 0 Å². The molecular weight excluding hydrogens is 1890 g/mol. The zero-order valence-electron chi connectivity index (χ0n) is 81.6. The van der Waals surface area contributed by atoms with Crippen LogP contribution in [0.25, 0.3) is 178 Å². The van der Waals surface area contributed by atoms with Crippen molar-refractivity contribution >= 4 is 140 Å². The number of piperazine rings is 1. The Bertz CT molecular complexity index is 8200. The van der Waals surface area contributed by atoms with E-state index in [1.54, 1.807) is 74.4 Å². The average Bonchev–Trinajstić information content (AvgIpc) is 1.64. The number of benzene rings is 4. The summed E-state index contributed by atoms with van der Waals surface area (Å²) in [5, 5.41) is 79.3. The first-order chi connectivity index (χ1) is 71.2. The van der Waals surface area contributed by atoms with Crippen molar-refractivity contribution in [3.63, 3.8) is 0 Å². The van der Waals surface area contributed by atoms with Gasteiger partial charge in [-0.1, -0.05) is 95.5 Å². The molecule has 4 amide bonds. The number of pyridine rings is 8. The molecule has 1 saturated heterocycles. The molecule has 1 aliphatic heterocycles. The number of imidazole rings is 4. The summed E-state index contributed by atoms with van der Waals surface area (Å²) >= 11 is 0. The van der Waals surface area contributed by atoms with Crippen molar-refractivity contribution in [3.05, 3.63) is 213 Å². The molecule has 37 nitrogen and oxygen atoms in total. The van der Waals surface area contributed by atoms with Gasteiger partial charge in [-0.25, -0.2) is 19.9 Å². The van der Waals surface area contributed by atoms with Gasteiger partial charge in [0.25, 0.3) is 0 Å². The number of aromatic amines is 8. The Kier molecular flexibility index (Phi) is 32.3. The van der Waals surface area contributed by atoms with Crippen LogP contribution in [0.4, 0.5) is 28.4 Å². The molecule has 150 heavy (non-hydrogen) atoms. The third-order valence-electron chi connectivity index (χ3n) is 27.8. The van der Waals surface area contributed by atoms with E-state index in [0.29, 0.717) is 83.1 Å². The van der Waals surface area contributed by atoms with E-state index >= 15 is 0 Å². The molecule has 4 aromatic carbocycles. The normalized spacial score (nSPS) is 16.6. The minimum absolute atomic E-state index is 0. The van der Waals surface area contributed by atoms with E-state index in [-0.39, 0.29) is 83.5 Å². The third kappa shape index (κ3) is 22.7. The Labute approximate surface area is 866 Å². The Morgan fingerprint density at radius 1 is 0.333 bits per heavy atom. The van der Waals surface area contributed by atoms with Crippen LogP contribution in [0, 0.1) is 11.8 Å². The van der Waals surface area contributed by atoms with Crippen molar-refractivity contribution in [2.24, 2.45) is 11.8 Å². The third-order valence-corrected chi connectivity index (χ3v) is 27.8. The maximum atomic E-state index is 12.2. The molecule has 3 aliphatic carbocycles. The van der Waals surface area contributed by atoms with Crippen molar-refractivity contribution in [1.82, 2.24) is 126 Å². The van der Waals surface area contributed by atoms with E-state index in [9.17, 15) is 34.5 Å². The van der Waals surface area contributed by atoms with Crippen LogP contribution in [-0.4, -0.2) is 204 Å². The molecule has 24 rings (SSSR count). The second-order valence-corrected chi connectivity index (χ2v) is 38.8. The number of amides is 4. The fraction of sp³-hybridized carbons (Fsp3) is 0.327. The van der Waals surface area contributed by atoms with Gasteiger partial charge in [0, 0.05) is 155 Å². The monoisotopic (exact) mass is 2020 g/mol. The highest BCUT2D eigenvalue weighted by molar-refractivity contribution is 6.03. The van der Waals surface area contributed by atoms with E-state index < -0.39 is 0 Å². The zero-order chi connectivity index (χ0) is 100. The summed E-state index contributed by atoms with van der Waals surface area (Å²) in [6.07, 6.45) is 39.7. The number of aromatic nitrogens is 24. The number of anilines is 5. The lowest BCUT2D eigenvalue weighted by molar-refractivity contribution is -0.119. The number of H-pyrrole nitrogens is 8. The summed E-state index contributed by atoms with van der Waals surface area (Å²) in [4.78, 5) is 119. The number of aliphatic hydroxyl groups is 3. The van der Waals surface area contributed by atoms with E-state index in [1.807, 2.05) is 139 Å². The number of hydrogen-bond acceptors (Lipinski definition) is 25. The van der Waals surface area contributed by atoms with Gasteiger partial charge in [-0.3, -0.25) is 79.4 Å². The quantitative estimate of drug-likeness (QED) is 0.0318. The molecular formula is C113H128N30O7. The highest BCUT2D eigenvalue weighted by Crippen LogP contribution is 2.44. The zero-order valence-corrected chi connectivity index (χ0v) is 81.6. The van der Waals surface area contributed by atoms with Gasteiger partial charge in [0.1, 0.15) is 28.3 Å². The molecule has 0 atom stereocenters. The van der Waals surface area contributed by atoms with Crippen LogP contribution in [0.1, 0.15) is 202 Å². The second kappa shape index (κ2) is 46.2. The predicted molar refractivity (Wildman–Crippen MR) is 592 cm³/mol. The predicted octanol–water partition coefficient (Wildman–Crippen LogP) is 21.5. The van der Waals surface area contributed by atoms with Crippen molar-refractivity contribution in [2.75, 3.05) is 52.3 Å². The van der Waals surface area contributed by atoms with Crippen molar-refractivity contribution in [3.8, 4) is 90.6 Å². The molecule has 20 aromatic rings. The largest absolute Gasteiger partial charge is 0.393 e. The fourth-order valence-corrected chi connectivity index (χ4v) is 20.0. The van der Waals surface area contributed by atoms with Crippen LogP contribution in [0.3, 0.4) is 0 Å². The topological polar surface area (TPSA) is 525 Å². The number of rotatable bonds is 21. The van der Waals surface area contributed by atoms with Crippen LogP contribution in [0.2, 0.25) is 0 Å². The van der Waals surface area contributed by atoms with Gasteiger partial charge in [-0.2, -0.15) is 20.4 Å². The second-order valence-electron chi connectivity index (χ2n) is 38.8. The van der Waals surface area contributed by atoms with Gasteiger partial charge in [-0.15, -0.1) is 0 Å². The standard InChI is InChI=1S/C29H31N7O2.C28H29N7O2.C27H27N7O2.C25H25N9O.4CH4/c1-16(2)9-26(38)32-20-10-19(12-30-13-20)18-5-8-24-22(11-18)28(36-35-24)29-33-25-15-31-14-23(27(25)34-29)17-3-6-21(37)7-4-17;1-15(2)28(37)31-19-9-18(11-29-12-19)17-5-8-23-21(10-17)26(35-34-23)27-32-24-14-30-13-22(25(24)33-27)16-3-6-20(36)7-4-16;1-2-24(36)30-18-9-17(11-28-12-18)16-5-8-22-20(10-16)26(34-33-22)27-31-23-14-29-13-21(25(23)32-27)15-3-6-19(35)7-4-15;1-2-22(35)29-17-9-16(11-27-12-17)15-3-4-19-18(10-15)23(33-32-19)25-30-20-13-28-14-21(24(20)31-25)34-7-5-26-6-8-34;;;;/h5,8,10-17,21,37H,3-4,6-7,9H2,1-2H3,(H,32,38)(H,33,34)(H,35,36);5,8-16,20,36H,3-4,6-7H2,1-2H3,(H,31,37)(H,32,33)(H,34,35);5,8-15,19,35H,2-4,6-7H2,1H3,(H,30,36)(H,31,32)(H,33,34);3-4,9-14,26H,2,5-8H2,1H3,(H,29,35)(H,30,31)(H,32,33);4*1H4. The van der Waals surface area contributed by atoms with Crippen molar-refractivity contribution < 1.29 is 34.5 Å². The number of nitrogens with one attached hydrogen (secondary N) is 13. The number of aliphatic hydroxyl groups excluding tert-OH is 3. The fourth-order valence-electron chi connectivity index (χ4n) is 20.0. The lowest BCUT2D eigenvalue weighted by Gasteiger charge is -2.29. The van der Waals surface area contributed by atoms with Crippen LogP contribution in [0.15, 0.2) is 196 Å². The highest BCUT2D eigenvalue weighted by Gasteiger charge is 2.31. The van der Waals surface area contributed by atoms with E-state index in [0.717, 1.165) is 281 Å². The van der Waals surface area contributed by atoms with Crippen LogP contribution >= 0.6 is 0 Å². The molecule has 3 saturated carbocycles. The summed E-state index contributed by atoms with van der Waals surface area (Å²) in [5.41, 5.74) is 28.2. The average molecular weight is 2020 g/mol. The number of hydrogen-bond donors (Lipinski definition) is 16. The molecule has 4 fully saturated rings. The smallest absolute Gasteiger partial charge is 0.226 e. The first-order valence-electron chi connectivity index (χ1n) is 50.0. The van der Waals surface area contributed by atoms with E-state index in [1.165, 1.54) is 0 Å². The summed E-state index contributed by atoms with van der Waals surface area (Å²) < 4.78 is 0. The molecule has 0 spiro atoms. The maximum Gasteiger partial charge on any atom is 0.226 e. The molecule has 16 N–H and O–H groups in total. The van der Waals surface area contributed by atoms with Crippen molar-refractivity contribution in [2.45, 2.75) is 204 Å². The van der Waals surface area contributed by atoms with Gasteiger partial charge >= 0.3 is 0 Å². The minimum atomic E-state index is -0.204. The molecule has 0 radical (unpaired) electrons. The SMILES string of the molecule is C.C.C.C.CC(C)C(=O)Nc1cncc(-c2ccc3[nH]nc(-c4nc5c(C6CCC(O)CC6)cncc5[nH]4)c3c2)c1.CC(C)CC(=O)Nc1cncc(-c2ccc3[nH]nc(-c4nc5c(C6CCC(O)CC6)cncc5[nH]4)c3c2)c1.CCC(=O)Nc1cncc(-c2ccc3[nH]nc(-c4nc5c(C6CCC(O)CC6)cncc5[nH]4)c3c2)c1.CCC(=O)Nc1cncc(-c2ccc3[nH]nc(-c4nc5c(N6CCNCC6)cncc5[nH]4)c3c2)c1. The molecule has 4 aliphatic rings. The summed E-state index contributed by atoms with van der Waals surface area (Å²) in [7, 11) is 0. The van der Waals surface area contributed by atoms with Crippen LogP contribution < -0.4 is 31.5 Å². The number of carbonyl (C=O) groups excluding carboxylic acids is 4. The maximum absolute atomic E-state index is 12.2. The Hall–Kier alpha value is -16.6. The highest BCUT2D eigenvalue weighted by atomic mass is 16.3. The van der Waals surface area contributed by atoms with E-state index in [4.69, 9.17) is 19.9 Å². The lowest BCUT2D eigenvalue weighted by atomic mass is 9.83. The summed E-state index contributed by atoms with van der Waals surface area (Å²) in [6, 6.07) is 32.0. The van der Waals surface area contributed by atoms with Crippen LogP contribution in [-0.2, 0) is 19.2 Å². The number of carbonyl (C=O) groups is 4. The Morgan fingerprint density at radius 3 is 0.927 bits per heavy atom. The van der Waals surface area contributed by atoms with Gasteiger partial charge in [0.05, 0.1) is 163 Å². The molecule has 0 unspecified atom stereocenters. The van der Waals surface area contributed by atoms with Gasteiger partial charge in [-0.05, 0) is 196 Å². The van der Waals surface area contributed by atoms with Crippen molar-refractivity contribution in [1.29, 1.82) is 0 Å². The minimum Gasteiger partial charge on any atom is -0.393 e. The first-order valence-corrected chi connectivity index (χ1v) is 50.0. The Morgan fingerprint density at radius 2 is 0.620 bits per heavy atom. The number of fused-ring (bicyclic) bond motifs is 8. The van der Waals surface area contributed by atoms with E-state index in [2.05, 4.69) is 156 Å².